The summed E-state index contributed by atoms with van der Waals surface area (Å²) in [6.07, 6.45) is 7.96. The van der Waals surface area contributed by atoms with Gasteiger partial charge in [0, 0.05) is 17.8 Å². The molecular formula is C29H38N2O5S. The molecule has 0 radical (unpaired) electrons. The zero-order chi connectivity index (χ0) is 26.3. The SMILES string of the molecule is C=CCN(C(=O)C1N([C@@H](CO)Cc2ccccc2)C(=O)[C@@H]2[C@H](C(=O)O)[C@@H]3CC(C)C12S3)C1CCCCC1. The van der Waals surface area contributed by atoms with Crippen molar-refractivity contribution < 1.29 is 24.6 Å². The van der Waals surface area contributed by atoms with Gasteiger partial charge in [-0.05, 0) is 37.2 Å². The lowest BCUT2D eigenvalue weighted by Gasteiger charge is -2.44. The number of rotatable bonds is 9. The van der Waals surface area contributed by atoms with Crippen LogP contribution in [0.4, 0.5) is 0 Å². The number of fused-ring (bicyclic) bond motifs is 1. The van der Waals surface area contributed by atoms with Crippen molar-refractivity contribution >= 4 is 29.5 Å². The number of hydrogen-bond acceptors (Lipinski definition) is 5. The molecule has 0 aromatic heterocycles. The first-order chi connectivity index (χ1) is 17.8. The molecule has 1 aromatic rings. The van der Waals surface area contributed by atoms with E-state index < -0.39 is 34.6 Å². The summed E-state index contributed by atoms with van der Waals surface area (Å²) >= 11 is 1.56. The summed E-state index contributed by atoms with van der Waals surface area (Å²) in [5.41, 5.74) is 0.963. The molecule has 1 saturated carbocycles. The number of likely N-dealkylation sites (tertiary alicyclic amines) is 1. The summed E-state index contributed by atoms with van der Waals surface area (Å²) in [5.74, 6) is -2.92. The van der Waals surface area contributed by atoms with E-state index in [1.54, 1.807) is 22.7 Å². The maximum atomic E-state index is 14.7. The summed E-state index contributed by atoms with van der Waals surface area (Å²) in [6, 6.07) is 8.33. The average molecular weight is 527 g/mol. The molecule has 1 aromatic carbocycles. The number of aliphatic hydroxyl groups excluding tert-OH is 1. The van der Waals surface area contributed by atoms with E-state index in [1.165, 1.54) is 0 Å². The van der Waals surface area contributed by atoms with Crippen LogP contribution >= 0.6 is 11.8 Å². The number of aliphatic hydroxyl groups is 1. The minimum atomic E-state index is -0.962. The second-order valence-corrected chi connectivity index (χ2v) is 12.8. The fourth-order valence-electron chi connectivity index (χ4n) is 7.66. The molecule has 8 heteroatoms. The van der Waals surface area contributed by atoms with E-state index in [-0.39, 0.29) is 35.6 Å². The Kier molecular flexibility index (Phi) is 7.42. The molecule has 4 aliphatic rings. The third kappa shape index (κ3) is 4.20. The Morgan fingerprint density at radius 2 is 1.95 bits per heavy atom. The maximum absolute atomic E-state index is 14.7. The highest BCUT2D eigenvalue weighted by atomic mass is 32.2. The monoisotopic (exact) mass is 526 g/mol. The van der Waals surface area contributed by atoms with Gasteiger partial charge in [0.1, 0.15) is 6.04 Å². The number of benzene rings is 1. The molecule has 7 atom stereocenters. The molecular weight excluding hydrogens is 488 g/mol. The largest absolute Gasteiger partial charge is 0.481 e. The lowest BCUT2D eigenvalue weighted by Crippen LogP contribution is -2.61. The van der Waals surface area contributed by atoms with Crippen molar-refractivity contribution in [3.05, 3.63) is 48.6 Å². The van der Waals surface area contributed by atoms with Gasteiger partial charge in [-0.1, -0.05) is 62.6 Å². The second-order valence-electron chi connectivity index (χ2n) is 11.2. The van der Waals surface area contributed by atoms with Crippen LogP contribution in [-0.2, 0) is 20.8 Å². The van der Waals surface area contributed by atoms with Crippen molar-refractivity contribution in [2.75, 3.05) is 13.2 Å². The molecule has 7 nitrogen and oxygen atoms in total. The highest BCUT2D eigenvalue weighted by Crippen LogP contribution is 2.69. The number of amides is 2. The van der Waals surface area contributed by atoms with Crippen molar-refractivity contribution in [2.45, 2.75) is 80.0 Å². The number of carbonyl (C=O) groups excluding carboxylic acids is 2. The van der Waals surface area contributed by atoms with E-state index in [1.807, 2.05) is 35.2 Å². The molecule has 37 heavy (non-hydrogen) atoms. The van der Waals surface area contributed by atoms with Crippen LogP contribution in [0.15, 0.2) is 43.0 Å². The van der Waals surface area contributed by atoms with Crippen molar-refractivity contribution in [1.29, 1.82) is 0 Å². The highest BCUT2D eigenvalue weighted by molar-refractivity contribution is 8.02. The van der Waals surface area contributed by atoms with Gasteiger partial charge in [-0.3, -0.25) is 14.4 Å². The zero-order valence-corrected chi connectivity index (χ0v) is 22.3. The molecule has 3 heterocycles. The van der Waals surface area contributed by atoms with Gasteiger partial charge in [0.05, 0.1) is 29.2 Å². The van der Waals surface area contributed by atoms with Gasteiger partial charge in [-0.2, -0.15) is 0 Å². The van der Waals surface area contributed by atoms with Crippen molar-refractivity contribution in [2.24, 2.45) is 17.8 Å². The van der Waals surface area contributed by atoms with Crippen LogP contribution in [0.2, 0.25) is 0 Å². The molecule has 2 bridgehead atoms. The zero-order valence-electron chi connectivity index (χ0n) is 21.5. The van der Waals surface area contributed by atoms with Gasteiger partial charge >= 0.3 is 5.97 Å². The summed E-state index contributed by atoms with van der Waals surface area (Å²) < 4.78 is -0.805. The van der Waals surface area contributed by atoms with Crippen LogP contribution in [-0.4, -0.2) is 79.1 Å². The Morgan fingerprint density at radius 1 is 1.24 bits per heavy atom. The van der Waals surface area contributed by atoms with E-state index in [2.05, 4.69) is 13.5 Å². The Labute approximate surface area is 223 Å². The molecule has 1 aliphatic carbocycles. The fraction of sp³-hybridized carbons (Fsp3) is 0.621. The molecule has 200 valence electrons. The molecule has 5 rings (SSSR count). The third-order valence-electron chi connectivity index (χ3n) is 9.25. The predicted molar refractivity (Wildman–Crippen MR) is 143 cm³/mol. The van der Waals surface area contributed by atoms with Crippen molar-refractivity contribution in [1.82, 2.24) is 9.80 Å². The summed E-state index contributed by atoms with van der Waals surface area (Å²) in [5, 5.41) is 20.6. The Hall–Kier alpha value is -2.32. The van der Waals surface area contributed by atoms with Crippen LogP contribution in [0.1, 0.15) is 51.0 Å². The molecule has 3 saturated heterocycles. The number of carboxylic acid groups (broad SMARTS) is 1. The van der Waals surface area contributed by atoms with E-state index in [4.69, 9.17) is 0 Å². The highest BCUT2D eigenvalue weighted by Gasteiger charge is 2.77. The Balaban J connectivity index is 1.59. The van der Waals surface area contributed by atoms with Gasteiger partial charge < -0.3 is 20.0 Å². The van der Waals surface area contributed by atoms with Crippen LogP contribution in [0.25, 0.3) is 0 Å². The average Bonchev–Trinajstić information content (AvgIpc) is 3.50. The maximum Gasteiger partial charge on any atom is 0.308 e. The molecule has 2 amide bonds. The summed E-state index contributed by atoms with van der Waals surface area (Å²) in [4.78, 5) is 44.8. The number of aliphatic carboxylic acids is 1. The first-order valence-electron chi connectivity index (χ1n) is 13.6. The second kappa shape index (κ2) is 10.4. The lowest BCUT2D eigenvalue weighted by molar-refractivity contribution is -0.150. The van der Waals surface area contributed by atoms with Crippen molar-refractivity contribution in [3.8, 4) is 0 Å². The van der Waals surface area contributed by atoms with Crippen LogP contribution in [0.5, 0.6) is 0 Å². The van der Waals surface area contributed by atoms with Crippen LogP contribution in [0.3, 0.4) is 0 Å². The predicted octanol–water partition coefficient (Wildman–Crippen LogP) is 3.36. The Morgan fingerprint density at radius 3 is 2.57 bits per heavy atom. The molecule has 2 N–H and O–H groups in total. The van der Waals surface area contributed by atoms with Crippen LogP contribution in [0, 0.1) is 17.8 Å². The Bertz CT molecular complexity index is 1040. The smallest absolute Gasteiger partial charge is 0.308 e. The normalized spacial score (nSPS) is 33.8. The van der Waals surface area contributed by atoms with E-state index in [0.717, 1.165) is 37.7 Å². The van der Waals surface area contributed by atoms with Gasteiger partial charge in [0.2, 0.25) is 11.8 Å². The topological polar surface area (TPSA) is 98.2 Å². The van der Waals surface area contributed by atoms with E-state index >= 15 is 0 Å². The number of nitrogens with zero attached hydrogens (tertiary/aromatic N) is 2. The lowest BCUT2D eigenvalue weighted by atomic mass is 9.66. The van der Waals surface area contributed by atoms with E-state index in [0.29, 0.717) is 19.4 Å². The fourth-order valence-corrected chi connectivity index (χ4v) is 10.1. The third-order valence-corrected chi connectivity index (χ3v) is 11.3. The molecule has 4 fully saturated rings. The van der Waals surface area contributed by atoms with Gasteiger partial charge in [0.15, 0.2) is 0 Å². The number of carboxylic acids is 1. The first kappa shape index (κ1) is 26.3. The molecule has 1 spiro atoms. The van der Waals surface area contributed by atoms with Gasteiger partial charge in [0.25, 0.3) is 0 Å². The number of thioether (sulfide) groups is 1. The molecule has 3 aliphatic heterocycles. The van der Waals surface area contributed by atoms with Gasteiger partial charge in [-0.15, -0.1) is 18.3 Å². The standard InChI is InChI=1S/C29H38N2O5S/c1-3-14-30(20-12-8-5-9-13-20)27(34)25-29-18(2)15-22(37-29)23(28(35)36)24(29)26(33)31(25)21(17-32)16-19-10-6-4-7-11-19/h3-4,6-7,10-11,18,20-25,32H,1,5,8-9,12-17H2,2H3,(H,35,36)/t18?,21-,22+,23-,24+,25?,29?/m1/s1. The van der Waals surface area contributed by atoms with Gasteiger partial charge in [-0.25, -0.2) is 0 Å². The quantitative estimate of drug-likeness (QED) is 0.479. The molecule has 3 unspecified atom stereocenters. The first-order valence-corrected chi connectivity index (χ1v) is 14.5. The minimum absolute atomic E-state index is 0.0130. The van der Waals surface area contributed by atoms with Crippen LogP contribution < -0.4 is 0 Å². The summed E-state index contributed by atoms with van der Waals surface area (Å²) in [6.45, 7) is 6.08. The summed E-state index contributed by atoms with van der Waals surface area (Å²) in [7, 11) is 0. The number of hydrogen-bond donors (Lipinski definition) is 2. The number of carbonyl (C=O) groups is 3. The van der Waals surface area contributed by atoms with E-state index in [9.17, 15) is 24.6 Å². The minimum Gasteiger partial charge on any atom is -0.481 e. The van der Waals surface area contributed by atoms with Crippen molar-refractivity contribution in [3.63, 3.8) is 0 Å².